The van der Waals surface area contributed by atoms with Gasteiger partial charge in [0, 0.05) is 51.9 Å². The maximum Gasteiger partial charge on any atom is 0.191 e. The van der Waals surface area contributed by atoms with Crippen LogP contribution in [0.1, 0.15) is 27.2 Å². The van der Waals surface area contributed by atoms with E-state index in [0.29, 0.717) is 6.04 Å². The SMILES string of the molecule is CCNC(=NCCCN1CCOCC1)NCCN(C)C(C)C.I. The summed E-state index contributed by atoms with van der Waals surface area (Å²) in [6.45, 7) is 15.2. The highest BCUT2D eigenvalue weighted by Crippen LogP contribution is 1.98. The van der Waals surface area contributed by atoms with E-state index in [4.69, 9.17) is 4.74 Å². The predicted octanol–water partition coefficient (Wildman–Crippen LogP) is 1.22. The molecule has 0 atom stereocenters. The number of nitrogens with zero attached hydrogens (tertiary/aromatic N) is 3. The van der Waals surface area contributed by atoms with E-state index in [1.165, 1.54) is 0 Å². The van der Waals surface area contributed by atoms with Crippen molar-refractivity contribution >= 4 is 29.9 Å². The van der Waals surface area contributed by atoms with Gasteiger partial charge in [-0.3, -0.25) is 9.89 Å². The average molecular weight is 441 g/mol. The van der Waals surface area contributed by atoms with Crippen molar-refractivity contribution in [1.82, 2.24) is 20.4 Å². The van der Waals surface area contributed by atoms with Crippen molar-refractivity contribution in [2.24, 2.45) is 4.99 Å². The van der Waals surface area contributed by atoms with Crippen molar-refractivity contribution < 1.29 is 4.74 Å². The highest BCUT2D eigenvalue weighted by Gasteiger charge is 2.09. The number of hydrogen-bond acceptors (Lipinski definition) is 4. The number of hydrogen-bond donors (Lipinski definition) is 2. The molecule has 0 bridgehead atoms. The lowest BCUT2D eigenvalue weighted by atomic mass is 10.3. The lowest BCUT2D eigenvalue weighted by Crippen LogP contribution is -2.42. The second kappa shape index (κ2) is 14.2. The van der Waals surface area contributed by atoms with Crippen molar-refractivity contribution in [2.75, 3.05) is 66.1 Å². The van der Waals surface area contributed by atoms with Crippen LogP contribution in [0.15, 0.2) is 4.99 Å². The number of ether oxygens (including phenoxy) is 1. The number of nitrogens with one attached hydrogen (secondary N) is 2. The smallest absolute Gasteiger partial charge is 0.191 e. The third kappa shape index (κ3) is 11.1. The molecule has 1 rings (SSSR count). The van der Waals surface area contributed by atoms with Crippen molar-refractivity contribution in [3.8, 4) is 0 Å². The summed E-state index contributed by atoms with van der Waals surface area (Å²) in [7, 11) is 2.15. The molecule has 1 heterocycles. The Balaban J connectivity index is 0.00000484. The standard InChI is InChI=1S/C16H35N5O.HI/c1-5-17-16(19-8-10-20(4)15(2)3)18-7-6-9-21-11-13-22-14-12-21;/h15H,5-14H2,1-4H3,(H2,17,18,19);1H. The topological polar surface area (TPSA) is 52.1 Å². The van der Waals surface area contributed by atoms with Crippen LogP contribution >= 0.6 is 24.0 Å². The largest absolute Gasteiger partial charge is 0.379 e. The van der Waals surface area contributed by atoms with E-state index in [2.05, 4.69) is 53.2 Å². The van der Waals surface area contributed by atoms with Crippen LogP contribution in [0.3, 0.4) is 0 Å². The average Bonchev–Trinajstić information content (AvgIpc) is 2.52. The van der Waals surface area contributed by atoms with Crippen molar-refractivity contribution in [3.63, 3.8) is 0 Å². The van der Waals surface area contributed by atoms with Gasteiger partial charge >= 0.3 is 0 Å². The molecule has 0 saturated carbocycles. The lowest BCUT2D eigenvalue weighted by molar-refractivity contribution is 0.0377. The molecular weight excluding hydrogens is 405 g/mol. The molecule has 0 aromatic heterocycles. The van der Waals surface area contributed by atoms with Gasteiger partial charge in [-0.25, -0.2) is 0 Å². The molecule has 0 amide bonds. The van der Waals surface area contributed by atoms with Crippen molar-refractivity contribution in [2.45, 2.75) is 33.2 Å². The normalized spacial score (nSPS) is 16.5. The fourth-order valence-corrected chi connectivity index (χ4v) is 2.26. The zero-order valence-electron chi connectivity index (χ0n) is 15.3. The molecule has 138 valence electrons. The molecule has 1 saturated heterocycles. The summed E-state index contributed by atoms with van der Waals surface area (Å²) < 4.78 is 5.36. The molecule has 0 radical (unpaired) electrons. The van der Waals surface area contributed by atoms with Gasteiger partial charge in [0.25, 0.3) is 0 Å². The van der Waals surface area contributed by atoms with Gasteiger partial charge in [0.15, 0.2) is 5.96 Å². The first-order valence-electron chi connectivity index (χ1n) is 8.66. The van der Waals surface area contributed by atoms with E-state index in [9.17, 15) is 0 Å². The van der Waals surface area contributed by atoms with Gasteiger partial charge in [0.1, 0.15) is 0 Å². The van der Waals surface area contributed by atoms with E-state index in [0.717, 1.165) is 71.4 Å². The van der Waals surface area contributed by atoms with Gasteiger partial charge in [-0.1, -0.05) is 0 Å². The monoisotopic (exact) mass is 441 g/mol. The number of likely N-dealkylation sites (N-methyl/N-ethyl adjacent to an activating group) is 1. The highest BCUT2D eigenvalue weighted by molar-refractivity contribution is 14.0. The van der Waals surface area contributed by atoms with E-state index in [-0.39, 0.29) is 24.0 Å². The zero-order chi connectivity index (χ0) is 16.2. The zero-order valence-corrected chi connectivity index (χ0v) is 17.6. The summed E-state index contributed by atoms with van der Waals surface area (Å²) in [6, 6.07) is 0.579. The van der Waals surface area contributed by atoms with E-state index >= 15 is 0 Å². The minimum Gasteiger partial charge on any atom is -0.379 e. The van der Waals surface area contributed by atoms with Gasteiger partial charge in [-0.2, -0.15) is 0 Å². The summed E-state index contributed by atoms with van der Waals surface area (Å²) in [4.78, 5) is 9.44. The summed E-state index contributed by atoms with van der Waals surface area (Å²) >= 11 is 0. The Morgan fingerprint density at radius 3 is 2.57 bits per heavy atom. The minimum absolute atomic E-state index is 0. The van der Waals surface area contributed by atoms with Gasteiger partial charge < -0.3 is 20.3 Å². The van der Waals surface area contributed by atoms with Crippen molar-refractivity contribution in [1.29, 1.82) is 0 Å². The van der Waals surface area contributed by atoms with Gasteiger partial charge in [0.05, 0.1) is 13.2 Å². The van der Waals surface area contributed by atoms with E-state index in [1.807, 2.05) is 0 Å². The van der Waals surface area contributed by atoms with Crippen LogP contribution in [0.5, 0.6) is 0 Å². The summed E-state index contributed by atoms with van der Waals surface area (Å²) in [5, 5.41) is 6.72. The first-order chi connectivity index (χ1) is 10.6. The first-order valence-corrected chi connectivity index (χ1v) is 8.66. The van der Waals surface area contributed by atoms with Crippen LogP contribution in [0, 0.1) is 0 Å². The van der Waals surface area contributed by atoms with Crippen LogP contribution in [-0.2, 0) is 4.74 Å². The second-order valence-electron chi connectivity index (χ2n) is 6.07. The van der Waals surface area contributed by atoms with Gasteiger partial charge in [-0.15, -0.1) is 24.0 Å². The maximum atomic E-state index is 5.36. The third-order valence-electron chi connectivity index (χ3n) is 3.99. The molecule has 0 unspecified atom stereocenters. The number of halogens is 1. The Bertz CT molecular complexity index is 309. The molecule has 1 aliphatic heterocycles. The first kappa shape index (κ1) is 22.9. The molecule has 1 aliphatic rings. The number of guanidine groups is 1. The fraction of sp³-hybridized carbons (Fsp3) is 0.938. The fourth-order valence-electron chi connectivity index (χ4n) is 2.26. The quantitative estimate of drug-likeness (QED) is 0.244. The number of morpholine rings is 1. The molecule has 0 aromatic carbocycles. The summed E-state index contributed by atoms with van der Waals surface area (Å²) in [5.41, 5.74) is 0. The molecular formula is C16H36IN5O. The van der Waals surface area contributed by atoms with Crippen LogP contribution < -0.4 is 10.6 Å². The highest BCUT2D eigenvalue weighted by atomic mass is 127. The number of aliphatic imine (C=N–C) groups is 1. The van der Waals surface area contributed by atoms with E-state index in [1.54, 1.807) is 0 Å². The molecule has 1 fully saturated rings. The molecule has 23 heavy (non-hydrogen) atoms. The molecule has 0 aliphatic carbocycles. The summed E-state index contributed by atoms with van der Waals surface area (Å²) in [6.07, 6.45) is 1.10. The Hall–Kier alpha value is -0.120. The third-order valence-corrected chi connectivity index (χ3v) is 3.99. The molecule has 6 nitrogen and oxygen atoms in total. The number of rotatable bonds is 9. The Morgan fingerprint density at radius 2 is 1.96 bits per heavy atom. The molecule has 0 aromatic rings. The minimum atomic E-state index is 0. The Morgan fingerprint density at radius 1 is 1.26 bits per heavy atom. The Kier molecular flexibility index (Phi) is 14.2. The van der Waals surface area contributed by atoms with Crippen LogP contribution in [0.2, 0.25) is 0 Å². The van der Waals surface area contributed by atoms with Crippen LogP contribution in [0.4, 0.5) is 0 Å². The lowest BCUT2D eigenvalue weighted by Gasteiger charge is -2.26. The van der Waals surface area contributed by atoms with Crippen LogP contribution in [-0.4, -0.2) is 87.9 Å². The van der Waals surface area contributed by atoms with Crippen LogP contribution in [0.25, 0.3) is 0 Å². The molecule has 7 heteroatoms. The second-order valence-corrected chi connectivity index (χ2v) is 6.07. The Labute approximate surface area is 159 Å². The van der Waals surface area contributed by atoms with Gasteiger partial charge in [0.2, 0.25) is 0 Å². The maximum absolute atomic E-state index is 5.36. The van der Waals surface area contributed by atoms with Gasteiger partial charge in [-0.05, 0) is 34.2 Å². The van der Waals surface area contributed by atoms with E-state index < -0.39 is 0 Å². The van der Waals surface area contributed by atoms with Crippen molar-refractivity contribution in [3.05, 3.63) is 0 Å². The summed E-state index contributed by atoms with van der Waals surface area (Å²) in [5.74, 6) is 0.932. The molecule has 0 spiro atoms. The predicted molar refractivity (Wildman–Crippen MR) is 109 cm³/mol. The molecule has 2 N–H and O–H groups in total.